The molecule has 94 valence electrons. The van der Waals surface area contributed by atoms with Gasteiger partial charge in [0.05, 0.1) is 16.0 Å². The largest absolute Gasteiger partial charge is 0.327 e. The van der Waals surface area contributed by atoms with Crippen molar-refractivity contribution in [1.29, 1.82) is 0 Å². The van der Waals surface area contributed by atoms with Gasteiger partial charge in [0, 0.05) is 10.9 Å². The second kappa shape index (κ2) is 5.32. The summed E-state index contributed by atoms with van der Waals surface area (Å²) < 4.78 is 12.4. The van der Waals surface area contributed by atoms with Gasteiger partial charge in [0.25, 0.3) is 0 Å². The maximum atomic E-state index is 12.4. The molecule has 0 bridgehead atoms. The maximum Gasteiger partial charge on any atom is 0.0576 e. The molecule has 0 aromatic heterocycles. The Labute approximate surface area is 106 Å². The molecule has 1 fully saturated rings. The van der Waals surface area contributed by atoms with Crippen LogP contribution >= 0.6 is 0 Å². The molecule has 1 aromatic carbocycles. The summed E-state index contributed by atoms with van der Waals surface area (Å²) in [4.78, 5) is 0.928. The van der Waals surface area contributed by atoms with E-state index in [0.29, 0.717) is 5.92 Å². The van der Waals surface area contributed by atoms with E-state index in [1.54, 1.807) is 0 Å². The van der Waals surface area contributed by atoms with Gasteiger partial charge in [-0.05, 0) is 36.5 Å². The third-order valence-electron chi connectivity index (χ3n) is 3.56. The van der Waals surface area contributed by atoms with Gasteiger partial charge < -0.3 is 5.73 Å². The Balaban J connectivity index is 2.14. The second-order valence-corrected chi connectivity index (χ2v) is 6.83. The van der Waals surface area contributed by atoms with Crippen molar-refractivity contribution >= 4 is 10.8 Å². The van der Waals surface area contributed by atoms with Crippen molar-refractivity contribution in [3.63, 3.8) is 0 Å². The Morgan fingerprint density at radius 1 is 1.24 bits per heavy atom. The van der Waals surface area contributed by atoms with Gasteiger partial charge >= 0.3 is 0 Å². The van der Waals surface area contributed by atoms with Crippen LogP contribution in [0.25, 0.3) is 0 Å². The van der Waals surface area contributed by atoms with Gasteiger partial charge in [-0.1, -0.05) is 32.4 Å². The van der Waals surface area contributed by atoms with Gasteiger partial charge in [-0.15, -0.1) is 0 Å². The van der Waals surface area contributed by atoms with Crippen LogP contribution in [-0.4, -0.2) is 15.5 Å². The third-order valence-corrected chi connectivity index (χ3v) is 5.43. The summed E-state index contributed by atoms with van der Waals surface area (Å²) in [5.41, 5.74) is 7.30. The molecule has 3 unspecified atom stereocenters. The molecule has 1 saturated carbocycles. The van der Waals surface area contributed by atoms with E-state index < -0.39 is 10.8 Å². The van der Waals surface area contributed by atoms with E-state index in [-0.39, 0.29) is 11.3 Å². The van der Waals surface area contributed by atoms with Crippen LogP contribution in [0.2, 0.25) is 0 Å². The highest BCUT2D eigenvalue weighted by Crippen LogP contribution is 2.26. The van der Waals surface area contributed by atoms with Crippen LogP contribution < -0.4 is 5.73 Å². The van der Waals surface area contributed by atoms with E-state index in [0.717, 1.165) is 24.2 Å². The van der Waals surface area contributed by atoms with Crippen LogP contribution in [0.15, 0.2) is 29.2 Å². The molecule has 0 amide bonds. The molecule has 0 radical (unpaired) electrons. The van der Waals surface area contributed by atoms with Crippen LogP contribution in [0.5, 0.6) is 0 Å². The molecule has 2 N–H and O–H groups in total. The summed E-state index contributed by atoms with van der Waals surface area (Å²) in [6.45, 7) is 4.33. The fraction of sp³-hybridized carbons (Fsp3) is 0.571. The number of nitrogens with two attached hydrogens (primary N) is 1. The van der Waals surface area contributed by atoms with E-state index in [1.807, 2.05) is 12.1 Å². The average Bonchev–Trinajstić information content (AvgIpc) is 2.74. The lowest BCUT2D eigenvalue weighted by Crippen LogP contribution is -2.32. The van der Waals surface area contributed by atoms with Gasteiger partial charge in [0.1, 0.15) is 0 Å². The molecule has 3 atom stereocenters. The molecule has 1 aromatic rings. The first-order valence-electron chi connectivity index (χ1n) is 6.35. The first kappa shape index (κ1) is 12.8. The van der Waals surface area contributed by atoms with Gasteiger partial charge in [-0.2, -0.15) is 0 Å². The standard InChI is InChI=1S/C14H21NOS/c1-10(2)11-6-8-12(9-7-11)17(16)14-5-3-4-13(14)15/h6-10,13-14H,3-5,15H2,1-2H3. The molecule has 0 saturated heterocycles. The molecule has 3 heteroatoms. The van der Waals surface area contributed by atoms with Crippen LogP contribution in [0.1, 0.15) is 44.6 Å². The predicted molar refractivity (Wildman–Crippen MR) is 72.6 cm³/mol. The smallest absolute Gasteiger partial charge is 0.0576 e. The average molecular weight is 251 g/mol. The van der Waals surface area contributed by atoms with E-state index in [9.17, 15) is 4.21 Å². The van der Waals surface area contributed by atoms with Crippen molar-refractivity contribution < 1.29 is 4.21 Å². The first-order valence-corrected chi connectivity index (χ1v) is 7.57. The zero-order valence-corrected chi connectivity index (χ0v) is 11.4. The lowest BCUT2D eigenvalue weighted by atomic mass is 10.0. The van der Waals surface area contributed by atoms with Crippen molar-refractivity contribution in [2.75, 3.05) is 0 Å². The van der Waals surface area contributed by atoms with Crippen LogP contribution in [-0.2, 0) is 10.8 Å². The van der Waals surface area contributed by atoms with E-state index >= 15 is 0 Å². The van der Waals surface area contributed by atoms with Gasteiger partial charge in [-0.25, -0.2) is 0 Å². The zero-order valence-electron chi connectivity index (χ0n) is 10.6. The van der Waals surface area contributed by atoms with Crippen molar-refractivity contribution in [3.8, 4) is 0 Å². The van der Waals surface area contributed by atoms with Gasteiger partial charge in [0.15, 0.2) is 0 Å². The Bertz CT molecular complexity index is 399. The Morgan fingerprint density at radius 3 is 2.35 bits per heavy atom. The first-order chi connectivity index (χ1) is 8.09. The van der Waals surface area contributed by atoms with Gasteiger partial charge in [0.2, 0.25) is 0 Å². The molecular weight excluding hydrogens is 230 g/mol. The summed E-state index contributed by atoms with van der Waals surface area (Å²) in [5, 5.41) is 0.153. The highest BCUT2D eigenvalue weighted by molar-refractivity contribution is 7.85. The highest BCUT2D eigenvalue weighted by atomic mass is 32.2. The van der Waals surface area contributed by atoms with E-state index in [1.165, 1.54) is 5.56 Å². The predicted octanol–water partition coefficient (Wildman–Crippen LogP) is 2.80. The lowest BCUT2D eigenvalue weighted by molar-refractivity contribution is 0.648. The number of benzene rings is 1. The second-order valence-electron chi connectivity index (χ2n) is 5.15. The summed E-state index contributed by atoms with van der Waals surface area (Å²) in [6, 6.07) is 8.27. The fourth-order valence-corrected chi connectivity index (χ4v) is 3.97. The molecule has 0 heterocycles. The minimum Gasteiger partial charge on any atom is -0.327 e. The van der Waals surface area contributed by atoms with E-state index in [4.69, 9.17) is 5.73 Å². The summed E-state index contributed by atoms with van der Waals surface area (Å²) >= 11 is 0. The van der Waals surface area contributed by atoms with E-state index in [2.05, 4.69) is 26.0 Å². The minimum atomic E-state index is -0.935. The minimum absolute atomic E-state index is 0.112. The van der Waals surface area contributed by atoms with Crippen molar-refractivity contribution in [1.82, 2.24) is 0 Å². The molecule has 2 rings (SSSR count). The summed E-state index contributed by atoms with van der Waals surface area (Å²) in [6.07, 6.45) is 3.13. The van der Waals surface area contributed by atoms with Crippen molar-refractivity contribution in [2.24, 2.45) is 5.73 Å². The van der Waals surface area contributed by atoms with Gasteiger partial charge in [-0.3, -0.25) is 4.21 Å². The zero-order chi connectivity index (χ0) is 12.4. The molecule has 0 aliphatic heterocycles. The quantitative estimate of drug-likeness (QED) is 0.897. The maximum absolute atomic E-state index is 12.4. The van der Waals surface area contributed by atoms with Crippen molar-refractivity contribution in [2.45, 2.75) is 55.2 Å². The molecular formula is C14H21NOS. The summed E-state index contributed by atoms with van der Waals surface area (Å²) in [5.74, 6) is 0.520. The molecule has 17 heavy (non-hydrogen) atoms. The van der Waals surface area contributed by atoms with Crippen LogP contribution in [0.4, 0.5) is 0 Å². The fourth-order valence-electron chi connectivity index (χ4n) is 2.38. The molecule has 0 spiro atoms. The highest BCUT2D eigenvalue weighted by Gasteiger charge is 2.29. The normalized spacial score (nSPS) is 26.4. The Hall–Kier alpha value is -0.670. The number of hydrogen-bond acceptors (Lipinski definition) is 2. The third kappa shape index (κ3) is 2.78. The number of rotatable bonds is 3. The van der Waals surface area contributed by atoms with Crippen molar-refractivity contribution in [3.05, 3.63) is 29.8 Å². The van der Waals surface area contributed by atoms with Crippen LogP contribution in [0.3, 0.4) is 0 Å². The number of hydrogen-bond donors (Lipinski definition) is 1. The molecule has 2 nitrogen and oxygen atoms in total. The Kier molecular flexibility index (Phi) is 4.00. The SMILES string of the molecule is CC(C)c1ccc(S(=O)C2CCCC2N)cc1. The van der Waals surface area contributed by atoms with Crippen LogP contribution in [0, 0.1) is 0 Å². The monoisotopic (exact) mass is 251 g/mol. The lowest BCUT2D eigenvalue weighted by Gasteiger charge is -2.15. The molecule has 1 aliphatic carbocycles. The summed E-state index contributed by atoms with van der Waals surface area (Å²) in [7, 11) is -0.935. The Morgan fingerprint density at radius 2 is 1.88 bits per heavy atom. The molecule has 1 aliphatic rings. The topological polar surface area (TPSA) is 43.1 Å².